The molecular weight excluding hydrogens is 403 g/mol. The Labute approximate surface area is 183 Å². The fourth-order valence-electron chi connectivity index (χ4n) is 3.83. The summed E-state index contributed by atoms with van der Waals surface area (Å²) in [6.45, 7) is 1.84. The third-order valence-electron chi connectivity index (χ3n) is 5.54. The van der Waals surface area contributed by atoms with Crippen molar-refractivity contribution in [2.75, 3.05) is 0 Å². The predicted molar refractivity (Wildman–Crippen MR) is 129 cm³/mol. The van der Waals surface area contributed by atoms with Crippen molar-refractivity contribution in [2.24, 2.45) is 0 Å². The van der Waals surface area contributed by atoms with Crippen LogP contribution < -0.4 is 15.9 Å². The molecule has 0 spiro atoms. The topological polar surface area (TPSA) is 46.5 Å². The average Bonchev–Trinajstić information content (AvgIpc) is 2.84. The first kappa shape index (κ1) is 20.8. The molecule has 0 aliphatic heterocycles. The van der Waals surface area contributed by atoms with Gasteiger partial charge in [0.15, 0.2) is 0 Å². The Hall–Kier alpha value is -3.42. The van der Waals surface area contributed by atoms with E-state index in [9.17, 15) is 9.90 Å². The van der Waals surface area contributed by atoms with Crippen LogP contribution in [0.2, 0.25) is 0 Å². The zero-order valence-electron chi connectivity index (χ0n) is 17.3. The summed E-state index contributed by atoms with van der Waals surface area (Å²) in [5.41, 5.74) is 0.805. The van der Waals surface area contributed by atoms with Gasteiger partial charge in [0, 0.05) is 0 Å². The van der Waals surface area contributed by atoms with Gasteiger partial charge in [-0.25, -0.2) is 0 Å². The summed E-state index contributed by atoms with van der Waals surface area (Å²) in [6, 6.07) is 36.8. The summed E-state index contributed by atoms with van der Waals surface area (Å²) in [5, 5.41) is 12.6. The van der Waals surface area contributed by atoms with Crippen LogP contribution in [0.15, 0.2) is 115 Å². The van der Waals surface area contributed by atoms with Crippen LogP contribution in [0.4, 0.5) is 0 Å². The van der Waals surface area contributed by atoms with Gasteiger partial charge in [-0.15, -0.1) is 0 Å². The van der Waals surface area contributed by atoms with Gasteiger partial charge in [-0.2, -0.15) is 0 Å². The van der Waals surface area contributed by atoms with E-state index in [1.165, 1.54) is 0 Å². The van der Waals surface area contributed by atoms with Crippen molar-refractivity contribution in [3.8, 4) is 5.75 Å². The van der Waals surface area contributed by atoms with Crippen LogP contribution in [-0.2, 0) is 9.32 Å². The Balaban J connectivity index is 1.86. The summed E-state index contributed by atoms with van der Waals surface area (Å²) in [6.07, 6.45) is 0. The molecule has 1 unspecified atom stereocenters. The van der Waals surface area contributed by atoms with Crippen molar-refractivity contribution in [3.63, 3.8) is 0 Å². The molecule has 1 atom stereocenters. The van der Waals surface area contributed by atoms with Gasteiger partial charge in [0.1, 0.15) is 0 Å². The fraction of sp³-hybridized carbons (Fsp3) is 0.0741. The van der Waals surface area contributed by atoms with E-state index in [2.05, 4.69) is 0 Å². The first-order chi connectivity index (χ1) is 15.1. The molecule has 3 nitrogen and oxygen atoms in total. The molecule has 0 fully saturated rings. The summed E-state index contributed by atoms with van der Waals surface area (Å²) < 4.78 is 6.58. The Morgan fingerprint density at radius 3 is 1.45 bits per heavy atom. The van der Waals surface area contributed by atoms with E-state index in [1.54, 1.807) is 24.3 Å². The molecule has 4 aromatic rings. The molecule has 0 saturated carbocycles. The number of carbonyl (C=O) groups excluding carboxylic acids is 1. The molecule has 4 rings (SSSR count). The molecule has 4 heteroatoms. The van der Waals surface area contributed by atoms with Crippen molar-refractivity contribution >= 4 is 29.4 Å². The molecule has 31 heavy (non-hydrogen) atoms. The van der Waals surface area contributed by atoms with Gasteiger partial charge in [0.25, 0.3) is 0 Å². The van der Waals surface area contributed by atoms with Crippen molar-refractivity contribution in [3.05, 3.63) is 121 Å². The van der Waals surface area contributed by atoms with E-state index >= 15 is 0 Å². The van der Waals surface area contributed by atoms with Crippen LogP contribution in [0.5, 0.6) is 5.75 Å². The Morgan fingerprint density at radius 1 is 0.677 bits per heavy atom. The van der Waals surface area contributed by atoms with Crippen LogP contribution in [0.3, 0.4) is 0 Å². The van der Waals surface area contributed by atoms with E-state index in [0.29, 0.717) is 0 Å². The van der Waals surface area contributed by atoms with Gasteiger partial charge < -0.3 is 0 Å². The molecule has 0 saturated heterocycles. The number of hydrogen-bond acceptors (Lipinski definition) is 3. The Kier molecular flexibility index (Phi) is 6.16. The molecule has 0 aromatic heterocycles. The molecule has 0 aliphatic rings. The second kappa shape index (κ2) is 9.16. The minimum atomic E-state index is -3.09. The van der Waals surface area contributed by atoms with E-state index < -0.39 is 13.4 Å². The Morgan fingerprint density at radius 2 is 1.06 bits per heavy atom. The number of phenolic OH excluding ortho intramolecular Hbond substituents is 1. The average molecular weight is 428 g/mol. The zero-order valence-corrected chi connectivity index (χ0v) is 18.3. The van der Waals surface area contributed by atoms with Crippen molar-refractivity contribution in [1.82, 2.24) is 0 Å². The molecule has 1 N–H and O–H groups in total. The molecule has 0 aliphatic carbocycles. The van der Waals surface area contributed by atoms with E-state index in [-0.39, 0.29) is 11.7 Å². The molecule has 0 amide bonds. The normalized spacial score (nSPS) is 12.7. The number of benzene rings is 4. The zero-order chi connectivity index (χ0) is 21.7. The molecule has 0 heterocycles. The third kappa shape index (κ3) is 4.23. The van der Waals surface area contributed by atoms with Crippen LogP contribution in [0.1, 0.15) is 18.4 Å². The van der Waals surface area contributed by atoms with Gasteiger partial charge in [0.05, 0.1) is 0 Å². The summed E-state index contributed by atoms with van der Waals surface area (Å²) in [5.74, 6) is -0.580. The first-order valence-corrected chi connectivity index (χ1v) is 12.2. The fourth-order valence-corrected chi connectivity index (χ4v) is 7.65. The Bertz CT molecular complexity index is 1030. The number of aromatic hydroxyl groups is 1. The molecule has 4 aromatic carbocycles. The molecule has 156 valence electrons. The van der Waals surface area contributed by atoms with Crippen LogP contribution >= 0.6 is 7.49 Å². The van der Waals surface area contributed by atoms with Crippen molar-refractivity contribution < 1.29 is 14.4 Å². The predicted octanol–water partition coefficient (Wildman–Crippen LogP) is 4.68. The summed E-state index contributed by atoms with van der Waals surface area (Å²) in [7, 11) is -3.09. The van der Waals surface area contributed by atoms with E-state index in [0.717, 1.165) is 21.5 Å². The first-order valence-electron chi connectivity index (χ1n) is 10.3. The van der Waals surface area contributed by atoms with Gasteiger partial charge >= 0.3 is 183 Å². The molecule has 0 bridgehead atoms. The third-order valence-corrected chi connectivity index (χ3v) is 9.49. The van der Waals surface area contributed by atoms with E-state index in [1.807, 2.05) is 97.9 Å². The van der Waals surface area contributed by atoms with Crippen molar-refractivity contribution in [1.29, 1.82) is 0 Å². The number of phenols is 1. The number of hydrogen-bond donors (Lipinski definition) is 1. The van der Waals surface area contributed by atoms with Crippen LogP contribution in [0, 0.1) is 0 Å². The minimum absolute atomic E-state index is 0.172. The number of rotatable bonds is 6. The van der Waals surface area contributed by atoms with Crippen LogP contribution in [0.25, 0.3) is 0 Å². The summed E-state index contributed by atoms with van der Waals surface area (Å²) in [4.78, 5) is 13.5. The van der Waals surface area contributed by atoms with E-state index in [4.69, 9.17) is 4.52 Å². The maximum atomic E-state index is 13.5. The van der Waals surface area contributed by atoms with Crippen LogP contribution in [-0.4, -0.2) is 11.1 Å². The van der Waals surface area contributed by atoms with Gasteiger partial charge in [-0.1, -0.05) is 0 Å². The molecular formula is C27H25O3P. The maximum absolute atomic E-state index is 13.5. The van der Waals surface area contributed by atoms with Crippen molar-refractivity contribution in [2.45, 2.75) is 12.8 Å². The monoisotopic (exact) mass is 428 g/mol. The number of carbonyl (C=O) groups is 1. The van der Waals surface area contributed by atoms with Gasteiger partial charge in [0.2, 0.25) is 0 Å². The molecule has 0 radical (unpaired) electrons. The quantitative estimate of drug-likeness (QED) is 0.454. The SMILES string of the molecule is CC(C(=O)O[PH](c1ccccc1)(c1ccccc1)c1ccccc1)c1ccc(O)cc1. The summed E-state index contributed by atoms with van der Waals surface area (Å²) >= 11 is 0. The standard InChI is InChI=1S/C27H25O3P/c1-21(22-17-19-23(28)20-18-22)27(29)30-31(24-11-5-2-6-12-24,25-13-7-3-8-14-25)26-15-9-4-10-16-26/h2-21,28,31H,1H3. The second-order valence-corrected chi connectivity index (χ2v) is 10.8. The van der Waals surface area contributed by atoms with Gasteiger partial charge in [-0.3, -0.25) is 0 Å². The van der Waals surface area contributed by atoms with Gasteiger partial charge in [-0.05, 0) is 0 Å². The second-order valence-electron chi connectivity index (χ2n) is 7.51.